The van der Waals surface area contributed by atoms with Crippen molar-refractivity contribution in [1.29, 1.82) is 0 Å². The molecule has 1 aromatic carbocycles. The molecule has 1 aliphatic rings. The lowest BCUT2D eigenvalue weighted by Gasteiger charge is -2.34. The molecule has 0 spiro atoms. The zero-order valence-corrected chi connectivity index (χ0v) is 14.9. The zero-order chi connectivity index (χ0) is 18.7. The van der Waals surface area contributed by atoms with Crippen LogP contribution in [0.4, 0.5) is 0 Å². The van der Waals surface area contributed by atoms with Gasteiger partial charge in [0.1, 0.15) is 5.56 Å². The summed E-state index contributed by atoms with van der Waals surface area (Å²) in [5.74, 6) is -0.0391. The number of carbonyl (C=O) groups is 3. The molecule has 0 saturated carbocycles. The first kappa shape index (κ1) is 17.8. The van der Waals surface area contributed by atoms with Crippen molar-refractivity contribution < 1.29 is 18.9 Å². The normalized spacial score (nSPS) is 14.4. The number of carbonyl (C=O) groups excluding carboxylic acids is 3. The highest BCUT2D eigenvalue weighted by atomic mass is 16.5. The highest BCUT2D eigenvalue weighted by molar-refractivity contribution is 6.01. The van der Waals surface area contributed by atoms with Gasteiger partial charge in [0.2, 0.25) is 5.91 Å². The number of aryl methyl sites for hydroxylation is 1. The Bertz CT molecular complexity index is 821. The summed E-state index contributed by atoms with van der Waals surface area (Å²) in [6, 6.07) is 8.88. The molecule has 2 heterocycles. The molecule has 0 aliphatic carbocycles. The van der Waals surface area contributed by atoms with E-state index in [4.69, 9.17) is 4.52 Å². The minimum atomic E-state index is -0.206. The summed E-state index contributed by atoms with van der Waals surface area (Å²) in [6.07, 6.45) is -0.0145. The number of piperazine rings is 1. The molecule has 0 bridgehead atoms. The summed E-state index contributed by atoms with van der Waals surface area (Å²) in [5, 5.41) is 3.88. The first-order valence-electron chi connectivity index (χ1n) is 8.55. The average Bonchev–Trinajstić information content (AvgIpc) is 3.02. The molecule has 0 N–H and O–H groups in total. The number of nitrogens with zero attached hydrogens (tertiary/aromatic N) is 3. The van der Waals surface area contributed by atoms with E-state index in [0.717, 1.165) is 0 Å². The molecule has 0 unspecified atom stereocenters. The predicted octanol–water partition coefficient (Wildman–Crippen LogP) is 1.71. The molecule has 1 fully saturated rings. The van der Waals surface area contributed by atoms with Crippen LogP contribution >= 0.6 is 0 Å². The van der Waals surface area contributed by atoms with Crippen LogP contribution in [0.1, 0.15) is 39.1 Å². The third kappa shape index (κ3) is 3.66. The van der Waals surface area contributed by atoms with Crippen LogP contribution in [0.25, 0.3) is 0 Å². The Balaban J connectivity index is 1.75. The Morgan fingerprint density at radius 3 is 2.27 bits per heavy atom. The molecule has 7 heteroatoms. The third-order valence-corrected chi connectivity index (χ3v) is 4.58. The molecule has 136 valence electrons. The van der Waals surface area contributed by atoms with E-state index in [-0.39, 0.29) is 29.8 Å². The van der Waals surface area contributed by atoms with E-state index in [1.807, 2.05) is 6.07 Å². The van der Waals surface area contributed by atoms with Crippen molar-refractivity contribution in [2.45, 2.75) is 20.3 Å². The lowest BCUT2D eigenvalue weighted by molar-refractivity contribution is -0.130. The molecule has 1 saturated heterocycles. The summed E-state index contributed by atoms with van der Waals surface area (Å²) in [7, 11) is 0. The Labute approximate surface area is 151 Å². The highest BCUT2D eigenvalue weighted by Gasteiger charge is 2.29. The summed E-state index contributed by atoms with van der Waals surface area (Å²) < 4.78 is 5.28. The number of hydrogen-bond acceptors (Lipinski definition) is 5. The van der Waals surface area contributed by atoms with Gasteiger partial charge in [0.15, 0.2) is 11.5 Å². The van der Waals surface area contributed by atoms with Crippen LogP contribution in [0, 0.1) is 6.92 Å². The first-order valence-corrected chi connectivity index (χ1v) is 8.55. The van der Waals surface area contributed by atoms with Gasteiger partial charge in [0.25, 0.3) is 5.91 Å². The second-order valence-corrected chi connectivity index (χ2v) is 6.33. The number of amides is 2. The van der Waals surface area contributed by atoms with Gasteiger partial charge in [0, 0.05) is 38.7 Å². The van der Waals surface area contributed by atoms with Gasteiger partial charge in [-0.25, -0.2) is 0 Å². The monoisotopic (exact) mass is 355 g/mol. The van der Waals surface area contributed by atoms with Gasteiger partial charge < -0.3 is 14.3 Å². The molecule has 2 amide bonds. The van der Waals surface area contributed by atoms with Crippen LogP contribution in [0.3, 0.4) is 0 Å². The Kier molecular flexibility index (Phi) is 5.16. The van der Waals surface area contributed by atoms with Crippen molar-refractivity contribution in [2.75, 3.05) is 26.2 Å². The maximum Gasteiger partial charge on any atom is 0.259 e. The standard InChI is InChI=1S/C19H21N3O4/c1-13-18(19(25)22-10-8-21(9-11-22)14(2)23)17(26-20-13)12-16(24)15-6-4-3-5-7-15/h3-7H,8-12H2,1-2H3. The summed E-state index contributed by atoms with van der Waals surface area (Å²) in [4.78, 5) is 40.2. The minimum absolute atomic E-state index is 0.00686. The van der Waals surface area contributed by atoms with Crippen molar-refractivity contribution in [3.63, 3.8) is 0 Å². The van der Waals surface area contributed by atoms with Gasteiger partial charge >= 0.3 is 0 Å². The first-order chi connectivity index (χ1) is 12.5. The number of benzene rings is 1. The topological polar surface area (TPSA) is 83.7 Å². The van der Waals surface area contributed by atoms with Crippen LogP contribution in [0.2, 0.25) is 0 Å². The third-order valence-electron chi connectivity index (χ3n) is 4.58. The molecule has 2 aromatic rings. The average molecular weight is 355 g/mol. The smallest absolute Gasteiger partial charge is 0.259 e. The fourth-order valence-corrected chi connectivity index (χ4v) is 3.07. The lowest BCUT2D eigenvalue weighted by atomic mass is 10.0. The quantitative estimate of drug-likeness (QED) is 0.780. The summed E-state index contributed by atoms with van der Waals surface area (Å²) >= 11 is 0. The summed E-state index contributed by atoms with van der Waals surface area (Å²) in [5.41, 5.74) is 1.39. The van der Waals surface area contributed by atoms with Crippen LogP contribution in [0.15, 0.2) is 34.9 Å². The van der Waals surface area contributed by atoms with Gasteiger partial charge in [0.05, 0.1) is 12.1 Å². The largest absolute Gasteiger partial charge is 0.360 e. The van der Waals surface area contributed by atoms with Crippen LogP contribution in [-0.4, -0.2) is 58.7 Å². The number of Topliss-reactive ketones (excluding diaryl/α,β-unsaturated/α-hetero) is 1. The number of ketones is 1. The molecular formula is C19H21N3O4. The molecule has 26 heavy (non-hydrogen) atoms. The summed E-state index contributed by atoms with van der Waals surface area (Å²) in [6.45, 7) is 5.13. The molecule has 0 atom stereocenters. The predicted molar refractivity (Wildman–Crippen MR) is 93.9 cm³/mol. The molecule has 0 radical (unpaired) electrons. The SMILES string of the molecule is CC(=O)N1CCN(C(=O)c2c(C)noc2CC(=O)c2ccccc2)CC1. The lowest BCUT2D eigenvalue weighted by Crippen LogP contribution is -2.50. The molecule has 3 rings (SSSR count). The van der Waals surface area contributed by atoms with E-state index < -0.39 is 0 Å². The van der Waals surface area contributed by atoms with Crippen molar-refractivity contribution in [3.8, 4) is 0 Å². The van der Waals surface area contributed by atoms with Gasteiger partial charge in [-0.05, 0) is 6.92 Å². The van der Waals surface area contributed by atoms with E-state index >= 15 is 0 Å². The van der Waals surface area contributed by atoms with Crippen molar-refractivity contribution in [2.24, 2.45) is 0 Å². The van der Waals surface area contributed by atoms with Crippen LogP contribution in [-0.2, 0) is 11.2 Å². The number of aromatic nitrogens is 1. The Hall–Kier alpha value is -2.96. The molecular weight excluding hydrogens is 334 g/mol. The highest BCUT2D eigenvalue weighted by Crippen LogP contribution is 2.19. The van der Waals surface area contributed by atoms with E-state index in [1.54, 1.807) is 41.0 Å². The minimum Gasteiger partial charge on any atom is -0.360 e. The van der Waals surface area contributed by atoms with Crippen LogP contribution in [0.5, 0.6) is 0 Å². The van der Waals surface area contributed by atoms with Crippen molar-refractivity contribution in [3.05, 3.63) is 52.9 Å². The molecule has 7 nitrogen and oxygen atoms in total. The number of hydrogen-bond donors (Lipinski definition) is 0. The fraction of sp³-hybridized carbons (Fsp3) is 0.368. The second kappa shape index (κ2) is 7.51. The maximum absolute atomic E-state index is 12.9. The number of rotatable bonds is 4. The van der Waals surface area contributed by atoms with Crippen molar-refractivity contribution in [1.82, 2.24) is 15.0 Å². The Morgan fingerprint density at radius 2 is 1.65 bits per heavy atom. The Morgan fingerprint density at radius 1 is 1.04 bits per heavy atom. The van der Waals surface area contributed by atoms with E-state index in [0.29, 0.717) is 43.0 Å². The second-order valence-electron chi connectivity index (χ2n) is 6.33. The van der Waals surface area contributed by atoms with Gasteiger partial charge in [-0.3, -0.25) is 14.4 Å². The van der Waals surface area contributed by atoms with Crippen LogP contribution < -0.4 is 0 Å². The van der Waals surface area contributed by atoms with Gasteiger partial charge in [-0.15, -0.1) is 0 Å². The van der Waals surface area contributed by atoms with Gasteiger partial charge in [-0.2, -0.15) is 0 Å². The fourth-order valence-electron chi connectivity index (χ4n) is 3.07. The van der Waals surface area contributed by atoms with E-state index in [1.165, 1.54) is 6.92 Å². The maximum atomic E-state index is 12.9. The molecule has 1 aliphatic heterocycles. The van der Waals surface area contributed by atoms with E-state index in [2.05, 4.69) is 5.16 Å². The molecule has 1 aromatic heterocycles. The zero-order valence-electron chi connectivity index (χ0n) is 14.9. The van der Waals surface area contributed by atoms with Crippen molar-refractivity contribution >= 4 is 17.6 Å². The van der Waals surface area contributed by atoms with E-state index in [9.17, 15) is 14.4 Å². The van der Waals surface area contributed by atoms with Gasteiger partial charge in [-0.1, -0.05) is 35.5 Å².